The normalized spacial score (nSPS) is 21.2. The van der Waals surface area contributed by atoms with Gasteiger partial charge in [-0.3, -0.25) is 4.90 Å². The third-order valence-corrected chi connectivity index (χ3v) is 4.08. The first-order valence-electron chi connectivity index (χ1n) is 7.22. The zero-order valence-electron chi connectivity index (χ0n) is 11.9. The molecule has 1 heterocycles. The SMILES string of the molecule is CCN1CCCC1CNC(C)c1cccc(C#N)c1. The molecular weight excluding hydrogens is 234 g/mol. The lowest BCUT2D eigenvalue weighted by atomic mass is 10.1. The van der Waals surface area contributed by atoms with Gasteiger partial charge in [-0.2, -0.15) is 5.26 Å². The molecule has 1 fully saturated rings. The van der Waals surface area contributed by atoms with Crippen molar-refractivity contribution in [1.29, 1.82) is 5.26 Å². The van der Waals surface area contributed by atoms with Crippen molar-refractivity contribution in [2.75, 3.05) is 19.6 Å². The molecule has 2 atom stereocenters. The van der Waals surface area contributed by atoms with Crippen molar-refractivity contribution in [3.63, 3.8) is 0 Å². The van der Waals surface area contributed by atoms with Gasteiger partial charge in [0.1, 0.15) is 0 Å². The Kier molecular flexibility index (Phi) is 4.95. The van der Waals surface area contributed by atoms with Crippen LogP contribution in [0.1, 0.15) is 43.9 Å². The van der Waals surface area contributed by atoms with E-state index >= 15 is 0 Å². The Morgan fingerprint density at radius 1 is 1.53 bits per heavy atom. The first-order valence-corrected chi connectivity index (χ1v) is 7.22. The Morgan fingerprint density at radius 3 is 3.11 bits per heavy atom. The summed E-state index contributed by atoms with van der Waals surface area (Å²) in [6, 6.07) is 11.0. The number of likely N-dealkylation sites (N-methyl/N-ethyl adjacent to an activating group) is 1. The zero-order chi connectivity index (χ0) is 13.7. The van der Waals surface area contributed by atoms with Crippen molar-refractivity contribution in [3.05, 3.63) is 35.4 Å². The van der Waals surface area contributed by atoms with Crippen molar-refractivity contribution in [2.45, 2.75) is 38.8 Å². The van der Waals surface area contributed by atoms with E-state index in [0.29, 0.717) is 12.1 Å². The Balaban J connectivity index is 1.90. The number of hydrogen-bond donors (Lipinski definition) is 1. The monoisotopic (exact) mass is 257 g/mol. The molecule has 0 spiro atoms. The average Bonchev–Trinajstić information content (AvgIpc) is 2.92. The predicted molar refractivity (Wildman–Crippen MR) is 77.8 cm³/mol. The summed E-state index contributed by atoms with van der Waals surface area (Å²) in [5.74, 6) is 0. The summed E-state index contributed by atoms with van der Waals surface area (Å²) in [5.41, 5.74) is 1.93. The maximum absolute atomic E-state index is 8.94. The Morgan fingerprint density at radius 2 is 2.37 bits per heavy atom. The molecule has 1 aromatic carbocycles. The molecule has 0 radical (unpaired) electrons. The lowest BCUT2D eigenvalue weighted by Gasteiger charge is -2.25. The fourth-order valence-electron chi connectivity index (χ4n) is 2.85. The van der Waals surface area contributed by atoms with E-state index < -0.39 is 0 Å². The topological polar surface area (TPSA) is 39.1 Å². The van der Waals surface area contributed by atoms with Crippen LogP contribution >= 0.6 is 0 Å². The van der Waals surface area contributed by atoms with Gasteiger partial charge in [0.15, 0.2) is 0 Å². The minimum Gasteiger partial charge on any atom is -0.309 e. The molecule has 1 aromatic rings. The van der Waals surface area contributed by atoms with Crippen LogP contribution in [0.2, 0.25) is 0 Å². The van der Waals surface area contributed by atoms with E-state index in [1.165, 1.54) is 24.9 Å². The van der Waals surface area contributed by atoms with Gasteiger partial charge in [0.25, 0.3) is 0 Å². The molecule has 0 aromatic heterocycles. The first kappa shape index (κ1) is 14.0. The molecule has 1 aliphatic heterocycles. The van der Waals surface area contributed by atoms with Crippen molar-refractivity contribution < 1.29 is 0 Å². The van der Waals surface area contributed by atoms with Gasteiger partial charge in [-0.25, -0.2) is 0 Å². The first-order chi connectivity index (χ1) is 9.24. The predicted octanol–water partition coefficient (Wildman–Crippen LogP) is 2.69. The minimum atomic E-state index is 0.299. The van der Waals surface area contributed by atoms with Gasteiger partial charge in [-0.05, 0) is 50.6 Å². The Bertz CT molecular complexity index is 450. The summed E-state index contributed by atoms with van der Waals surface area (Å²) in [4.78, 5) is 2.55. The molecule has 0 bridgehead atoms. The van der Waals surface area contributed by atoms with Crippen LogP contribution in [0.4, 0.5) is 0 Å². The zero-order valence-corrected chi connectivity index (χ0v) is 11.9. The van der Waals surface area contributed by atoms with E-state index in [2.05, 4.69) is 36.2 Å². The second-order valence-corrected chi connectivity index (χ2v) is 5.29. The lowest BCUT2D eigenvalue weighted by Crippen LogP contribution is -2.38. The number of hydrogen-bond acceptors (Lipinski definition) is 3. The Hall–Kier alpha value is -1.37. The molecule has 2 rings (SSSR count). The lowest BCUT2D eigenvalue weighted by molar-refractivity contribution is 0.255. The van der Waals surface area contributed by atoms with Crippen molar-refractivity contribution in [1.82, 2.24) is 10.2 Å². The number of nitrogens with one attached hydrogen (secondary N) is 1. The van der Waals surface area contributed by atoms with E-state index in [0.717, 1.165) is 18.7 Å². The van der Waals surface area contributed by atoms with Crippen LogP contribution in [0.25, 0.3) is 0 Å². The van der Waals surface area contributed by atoms with Gasteiger partial charge in [0.2, 0.25) is 0 Å². The van der Waals surface area contributed by atoms with E-state index in [1.807, 2.05) is 18.2 Å². The molecular formula is C16H23N3. The summed E-state index contributed by atoms with van der Waals surface area (Å²) in [6.07, 6.45) is 2.62. The number of likely N-dealkylation sites (tertiary alicyclic amines) is 1. The van der Waals surface area contributed by atoms with Gasteiger partial charge in [0, 0.05) is 18.6 Å². The van der Waals surface area contributed by atoms with Gasteiger partial charge in [0.05, 0.1) is 11.6 Å². The van der Waals surface area contributed by atoms with Crippen LogP contribution in [-0.2, 0) is 0 Å². The van der Waals surface area contributed by atoms with Crippen molar-refractivity contribution in [3.8, 4) is 6.07 Å². The van der Waals surface area contributed by atoms with Crippen LogP contribution in [0.15, 0.2) is 24.3 Å². The molecule has 1 saturated heterocycles. The van der Waals surface area contributed by atoms with Crippen LogP contribution in [0.5, 0.6) is 0 Å². The maximum atomic E-state index is 8.94. The van der Waals surface area contributed by atoms with Gasteiger partial charge >= 0.3 is 0 Å². The average molecular weight is 257 g/mol. The maximum Gasteiger partial charge on any atom is 0.0991 e. The highest BCUT2D eigenvalue weighted by Crippen LogP contribution is 2.18. The standard InChI is InChI=1S/C16H23N3/c1-3-19-9-5-8-16(19)12-18-13(2)15-7-4-6-14(10-15)11-17/h4,6-7,10,13,16,18H,3,5,8-9,12H2,1-2H3. The second kappa shape index (κ2) is 6.70. The second-order valence-electron chi connectivity index (χ2n) is 5.29. The summed E-state index contributed by atoms with van der Waals surface area (Å²) in [6.45, 7) is 7.82. The van der Waals surface area contributed by atoms with Crippen molar-refractivity contribution >= 4 is 0 Å². The van der Waals surface area contributed by atoms with Gasteiger partial charge in [-0.1, -0.05) is 19.1 Å². The quantitative estimate of drug-likeness (QED) is 0.881. The van der Waals surface area contributed by atoms with E-state index in [-0.39, 0.29) is 0 Å². The molecule has 0 amide bonds. The summed E-state index contributed by atoms with van der Waals surface area (Å²) < 4.78 is 0. The molecule has 2 unspecified atom stereocenters. The molecule has 0 saturated carbocycles. The van der Waals surface area contributed by atoms with E-state index in [4.69, 9.17) is 5.26 Å². The Labute approximate surface area is 116 Å². The summed E-state index contributed by atoms with van der Waals surface area (Å²) in [7, 11) is 0. The fourth-order valence-corrected chi connectivity index (χ4v) is 2.85. The van der Waals surface area contributed by atoms with Crippen LogP contribution < -0.4 is 5.32 Å². The van der Waals surface area contributed by atoms with Crippen LogP contribution in [-0.4, -0.2) is 30.6 Å². The van der Waals surface area contributed by atoms with E-state index in [9.17, 15) is 0 Å². The third-order valence-electron chi connectivity index (χ3n) is 4.08. The molecule has 102 valence electrons. The fraction of sp³-hybridized carbons (Fsp3) is 0.562. The highest BCUT2D eigenvalue weighted by atomic mass is 15.2. The van der Waals surface area contributed by atoms with Gasteiger partial charge in [-0.15, -0.1) is 0 Å². The minimum absolute atomic E-state index is 0.299. The molecule has 3 heteroatoms. The van der Waals surface area contributed by atoms with E-state index in [1.54, 1.807) is 0 Å². The van der Waals surface area contributed by atoms with Gasteiger partial charge < -0.3 is 5.32 Å². The highest BCUT2D eigenvalue weighted by molar-refractivity contribution is 5.34. The number of nitrogens with zero attached hydrogens (tertiary/aromatic N) is 2. The molecule has 3 nitrogen and oxygen atoms in total. The smallest absolute Gasteiger partial charge is 0.0991 e. The third kappa shape index (κ3) is 3.56. The van der Waals surface area contributed by atoms with Crippen molar-refractivity contribution in [2.24, 2.45) is 0 Å². The largest absolute Gasteiger partial charge is 0.309 e. The molecule has 0 aliphatic carbocycles. The van der Waals surface area contributed by atoms with Crippen LogP contribution in [0, 0.1) is 11.3 Å². The number of benzene rings is 1. The molecule has 1 N–H and O–H groups in total. The highest BCUT2D eigenvalue weighted by Gasteiger charge is 2.22. The summed E-state index contributed by atoms with van der Waals surface area (Å²) in [5, 5.41) is 12.5. The van der Waals surface area contributed by atoms with Crippen LogP contribution in [0.3, 0.4) is 0 Å². The molecule has 1 aliphatic rings. The summed E-state index contributed by atoms with van der Waals surface area (Å²) >= 11 is 0. The number of nitriles is 1. The number of rotatable bonds is 5. The molecule has 19 heavy (non-hydrogen) atoms.